The van der Waals surface area contributed by atoms with Gasteiger partial charge >= 0.3 is 0 Å². The lowest BCUT2D eigenvalue weighted by atomic mass is 9.96. The molecule has 0 aliphatic heterocycles. The second-order valence-electron chi connectivity index (χ2n) is 3.47. The second kappa shape index (κ2) is 4.86. The van der Waals surface area contributed by atoms with Crippen molar-refractivity contribution in [2.24, 2.45) is 0 Å². The normalized spacial score (nSPS) is 9.54. The van der Waals surface area contributed by atoms with Gasteiger partial charge in [-0.05, 0) is 29.5 Å². The zero-order valence-electron chi connectivity index (χ0n) is 8.09. The van der Waals surface area contributed by atoms with Gasteiger partial charge in [-0.2, -0.15) is 0 Å². The van der Waals surface area contributed by atoms with E-state index in [0.29, 0.717) is 5.92 Å². The van der Waals surface area contributed by atoms with Crippen LogP contribution < -0.4 is 0 Å². The fraction of sp³-hybridized carbons (Fsp3) is 0.385. The summed E-state index contributed by atoms with van der Waals surface area (Å²) < 4.78 is 0. The molecule has 0 atom stereocenters. The molecule has 0 fully saturated rings. The molecule has 0 spiro atoms. The molecular formula is C13H20. The predicted octanol–water partition coefficient (Wildman–Crippen LogP) is 4.40. The Morgan fingerprint density at radius 1 is 1.31 bits per heavy atom. The van der Waals surface area contributed by atoms with Gasteiger partial charge in [0.05, 0.1) is 0 Å². The molecule has 72 valence electrons. The van der Waals surface area contributed by atoms with Gasteiger partial charge in [-0.1, -0.05) is 52.1 Å². The number of hydrogen-bond acceptors (Lipinski definition) is 0. The van der Waals surface area contributed by atoms with Crippen molar-refractivity contribution >= 4 is 6.08 Å². The van der Waals surface area contributed by atoms with Gasteiger partial charge in [0, 0.05) is 0 Å². The van der Waals surface area contributed by atoms with E-state index in [1.54, 1.807) is 0 Å². The van der Waals surface area contributed by atoms with E-state index < -0.39 is 0 Å². The zero-order chi connectivity index (χ0) is 9.14. The predicted molar refractivity (Wildman–Crippen MR) is 62.1 cm³/mol. The first-order valence-corrected chi connectivity index (χ1v) is 4.38. The van der Waals surface area contributed by atoms with Crippen molar-refractivity contribution in [3.8, 4) is 0 Å². The summed E-state index contributed by atoms with van der Waals surface area (Å²) in [6.45, 7) is 10.3. The van der Waals surface area contributed by atoms with Crippen LogP contribution in [0.3, 0.4) is 0 Å². The number of benzene rings is 1. The van der Waals surface area contributed by atoms with Crippen molar-refractivity contribution in [1.29, 1.82) is 0 Å². The minimum atomic E-state index is 0. The lowest BCUT2D eigenvalue weighted by molar-refractivity contribution is 0.856. The third-order valence-electron chi connectivity index (χ3n) is 2.15. The highest BCUT2D eigenvalue weighted by atomic mass is 14.1. The maximum Gasteiger partial charge on any atom is -0.0216 e. The Morgan fingerprint density at radius 2 is 1.92 bits per heavy atom. The Balaban J connectivity index is 0.00000144. The van der Waals surface area contributed by atoms with Gasteiger partial charge in [-0.25, -0.2) is 0 Å². The van der Waals surface area contributed by atoms with Crippen LogP contribution in [0, 0.1) is 6.92 Å². The molecule has 0 unspecified atom stereocenters. The lowest BCUT2D eigenvalue weighted by Crippen LogP contribution is -1.91. The average Bonchev–Trinajstić information content (AvgIpc) is 2.03. The summed E-state index contributed by atoms with van der Waals surface area (Å²) in [7, 11) is 0. The van der Waals surface area contributed by atoms with Gasteiger partial charge in [0.2, 0.25) is 0 Å². The first-order chi connectivity index (χ1) is 5.65. The molecule has 0 nitrogen and oxygen atoms in total. The summed E-state index contributed by atoms with van der Waals surface area (Å²) in [4.78, 5) is 0. The largest absolute Gasteiger partial charge is 0.0985 e. The maximum atomic E-state index is 3.75. The molecule has 0 radical (unpaired) electrons. The van der Waals surface area contributed by atoms with Crippen molar-refractivity contribution in [1.82, 2.24) is 0 Å². The standard InChI is InChI=1S/C12H16.CH4/c1-5-11-6-7-12(9(2)3)10(4)8-11;/h5-9H,1H2,2-4H3;1H4. The Kier molecular flexibility index (Phi) is 4.47. The van der Waals surface area contributed by atoms with Gasteiger partial charge in [0.25, 0.3) is 0 Å². The topological polar surface area (TPSA) is 0 Å². The van der Waals surface area contributed by atoms with Crippen LogP contribution >= 0.6 is 0 Å². The van der Waals surface area contributed by atoms with E-state index in [4.69, 9.17) is 0 Å². The summed E-state index contributed by atoms with van der Waals surface area (Å²) in [6, 6.07) is 6.49. The van der Waals surface area contributed by atoms with Crippen molar-refractivity contribution in [2.75, 3.05) is 0 Å². The molecule has 0 bridgehead atoms. The highest BCUT2D eigenvalue weighted by Crippen LogP contribution is 2.20. The molecule has 0 aliphatic carbocycles. The summed E-state index contributed by atoms with van der Waals surface area (Å²) in [5, 5.41) is 0. The number of hydrogen-bond donors (Lipinski definition) is 0. The van der Waals surface area contributed by atoms with E-state index in [9.17, 15) is 0 Å². The van der Waals surface area contributed by atoms with Crippen LogP contribution in [0.25, 0.3) is 6.08 Å². The molecule has 0 N–H and O–H groups in total. The summed E-state index contributed by atoms with van der Waals surface area (Å²) in [5.41, 5.74) is 4.00. The molecule has 0 saturated heterocycles. The Bertz CT molecular complexity index is 282. The SMILES string of the molecule is C.C=Cc1ccc(C(C)C)c(C)c1. The first kappa shape index (κ1) is 12.0. The molecule has 1 aromatic rings. The molecule has 0 heterocycles. The van der Waals surface area contributed by atoms with E-state index in [1.807, 2.05) is 6.08 Å². The van der Waals surface area contributed by atoms with Crippen LogP contribution in [0.15, 0.2) is 24.8 Å². The Hall–Kier alpha value is -1.04. The molecule has 0 amide bonds. The molecule has 1 aromatic carbocycles. The summed E-state index contributed by atoms with van der Waals surface area (Å²) in [5.74, 6) is 0.615. The van der Waals surface area contributed by atoms with E-state index in [0.717, 1.165) is 0 Å². The van der Waals surface area contributed by atoms with Crippen LogP contribution in [0.4, 0.5) is 0 Å². The molecule has 1 rings (SSSR count). The van der Waals surface area contributed by atoms with Crippen molar-refractivity contribution in [3.63, 3.8) is 0 Å². The van der Waals surface area contributed by atoms with Crippen LogP contribution in [0.1, 0.15) is 43.9 Å². The van der Waals surface area contributed by atoms with Crippen molar-refractivity contribution in [3.05, 3.63) is 41.5 Å². The van der Waals surface area contributed by atoms with Gasteiger partial charge in [-0.15, -0.1) is 0 Å². The number of aryl methyl sites for hydroxylation is 1. The fourth-order valence-electron chi connectivity index (χ4n) is 1.47. The van der Waals surface area contributed by atoms with Crippen molar-refractivity contribution < 1.29 is 0 Å². The molecular weight excluding hydrogens is 156 g/mol. The van der Waals surface area contributed by atoms with Gasteiger partial charge in [-0.3, -0.25) is 0 Å². The van der Waals surface area contributed by atoms with E-state index in [-0.39, 0.29) is 7.43 Å². The Morgan fingerprint density at radius 3 is 2.31 bits per heavy atom. The fourth-order valence-corrected chi connectivity index (χ4v) is 1.47. The van der Waals surface area contributed by atoms with Gasteiger partial charge < -0.3 is 0 Å². The third kappa shape index (κ3) is 2.73. The number of rotatable bonds is 2. The molecule has 0 saturated carbocycles. The second-order valence-corrected chi connectivity index (χ2v) is 3.47. The molecule has 0 heteroatoms. The highest BCUT2D eigenvalue weighted by molar-refractivity contribution is 5.50. The van der Waals surface area contributed by atoms with E-state index >= 15 is 0 Å². The minimum absolute atomic E-state index is 0. The van der Waals surface area contributed by atoms with Crippen molar-refractivity contribution in [2.45, 2.75) is 34.1 Å². The van der Waals surface area contributed by atoms with Gasteiger partial charge in [0.15, 0.2) is 0 Å². The minimum Gasteiger partial charge on any atom is -0.0985 e. The van der Waals surface area contributed by atoms with Gasteiger partial charge in [0.1, 0.15) is 0 Å². The maximum absolute atomic E-state index is 3.75. The van der Waals surface area contributed by atoms with E-state index in [1.165, 1.54) is 16.7 Å². The highest BCUT2D eigenvalue weighted by Gasteiger charge is 2.01. The van der Waals surface area contributed by atoms with Crippen LogP contribution in [0.2, 0.25) is 0 Å². The average molecular weight is 176 g/mol. The van der Waals surface area contributed by atoms with E-state index in [2.05, 4.69) is 45.5 Å². The third-order valence-corrected chi connectivity index (χ3v) is 2.15. The van der Waals surface area contributed by atoms with Crippen LogP contribution in [-0.2, 0) is 0 Å². The van der Waals surface area contributed by atoms with Crippen LogP contribution in [-0.4, -0.2) is 0 Å². The first-order valence-electron chi connectivity index (χ1n) is 4.38. The monoisotopic (exact) mass is 176 g/mol. The molecule has 0 aliphatic rings. The zero-order valence-corrected chi connectivity index (χ0v) is 8.09. The lowest BCUT2D eigenvalue weighted by Gasteiger charge is -2.09. The summed E-state index contributed by atoms with van der Waals surface area (Å²) in [6.07, 6.45) is 1.89. The van der Waals surface area contributed by atoms with Crippen LogP contribution in [0.5, 0.6) is 0 Å². The molecule has 0 aromatic heterocycles. The summed E-state index contributed by atoms with van der Waals surface area (Å²) >= 11 is 0. The quantitative estimate of drug-likeness (QED) is 0.626. The Labute approximate surface area is 82.3 Å². The smallest absolute Gasteiger partial charge is 0.0216 e. The molecule has 13 heavy (non-hydrogen) atoms.